The molecule has 3 rings (SSSR count). The van der Waals surface area contributed by atoms with E-state index < -0.39 is 0 Å². The van der Waals surface area contributed by atoms with Crippen LogP contribution in [-0.2, 0) is 16.8 Å². The zero-order chi connectivity index (χ0) is 22.8. The molecule has 1 fully saturated rings. The Balaban J connectivity index is 1.81. The molecule has 176 valence electrons. The Morgan fingerprint density at radius 1 is 0.906 bits per heavy atom. The summed E-state index contributed by atoms with van der Waals surface area (Å²) in [6, 6.07) is 17.5. The van der Waals surface area contributed by atoms with Gasteiger partial charge in [0.25, 0.3) is 0 Å². The van der Waals surface area contributed by atoms with Crippen molar-refractivity contribution in [2.24, 2.45) is 0 Å². The second-order valence-corrected chi connectivity index (χ2v) is 10.2. The third kappa shape index (κ3) is 6.85. The maximum atomic E-state index is 6.51. The van der Waals surface area contributed by atoms with Crippen molar-refractivity contribution in [3.63, 3.8) is 0 Å². The molecule has 0 N–H and O–H groups in total. The Bertz CT molecular complexity index is 796. The first-order valence-corrected chi connectivity index (χ1v) is 12.9. The van der Waals surface area contributed by atoms with Crippen molar-refractivity contribution in [1.29, 1.82) is 0 Å². The zero-order valence-electron chi connectivity index (χ0n) is 20.9. The summed E-state index contributed by atoms with van der Waals surface area (Å²) in [7, 11) is 1.86. The summed E-state index contributed by atoms with van der Waals surface area (Å²) in [5.41, 5.74) is 4.09. The Labute approximate surface area is 196 Å². The van der Waals surface area contributed by atoms with E-state index in [-0.39, 0.29) is 5.41 Å². The van der Waals surface area contributed by atoms with Crippen molar-refractivity contribution >= 4 is 0 Å². The fourth-order valence-electron chi connectivity index (χ4n) is 5.17. The van der Waals surface area contributed by atoms with Gasteiger partial charge in [0.05, 0.1) is 6.10 Å². The summed E-state index contributed by atoms with van der Waals surface area (Å²) in [6.07, 6.45) is 13.0. The van der Waals surface area contributed by atoms with Gasteiger partial charge in [0.2, 0.25) is 0 Å². The van der Waals surface area contributed by atoms with Crippen LogP contribution in [-0.4, -0.2) is 13.2 Å². The van der Waals surface area contributed by atoms with Crippen LogP contribution in [0.5, 0.6) is 5.75 Å². The van der Waals surface area contributed by atoms with Crippen LogP contribution >= 0.6 is 0 Å². The molecule has 1 aliphatic carbocycles. The quantitative estimate of drug-likeness (QED) is 0.310. The third-order valence-electron chi connectivity index (χ3n) is 7.34. The molecule has 2 atom stereocenters. The molecular weight excluding hydrogens is 392 g/mol. The second-order valence-electron chi connectivity index (χ2n) is 10.2. The molecule has 0 spiro atoms. The monoisotopic (exact) mass is 436 g/mol. The van der Waals surface area contributed by atoms with Crippen molar-refractivity contribution in [3.05, 3.63) is 65.2 Å². The van der Waals surface area contributed by atoms with Crippen molar-refractivity contribution < 1.29 is 9.47 Å². The van der Waals surface area contributed by atoms with Crippen LogP contribution in [0.25, 0.3) is 0 Å². The molecule has 0 amide bonds. The number of benzene rings is 2. The van der Waals surface area contributed by atoms with Gasteiger partial charge in [-0.2, -0.15) is 0 Å². The number of ether oxygens (including phenoxy) is 2. The number of hydrogen-bond acceptors (Lipinski definition) is 2. The van der Waals surface area contributed by atoms with Gasteiger partial charge in [-0.05, 0) is 47.4 Å². The highest BCUT2D eigenvalue weighted by Gasteiger charge is 2.30. The lowest BCUT2D eigenvalue weighted by atomic mass is 9.77. The largest absolute Gasteiger partial charge is 0.489 e. The summed E-state index contributed by atoms with van der Waals surface area (Å²) >= 11 is 0. The highest BCUT2D eigenvalue weighted by atomic mass is 16.5. The molecule has 0 aliphatic heterocycles. The van der Waals surface area contributed by atoms with Crippen LogP contribution in [0.3, 0.4) is 0 Å². The van der Waals surface area contributed by atoms with Gasteiger partial charge < -0.3 is 9.47 Å². The van der Waals surface area contributed by atoms with E-state index in [1.165, 1.54) is 74.5 Å². The smallest absolute Gasteiger partial charge is 0.123 e. The van der Waals surface area contributed by atoms with E-state index in [2.05, 4.69) is 69.3 Å². The Kier molecular flexibility index (Phi) is 9.66. The normalized spacial score (nSPS) is 19.1. The SMILES string of the molecule is CCCCCCCC(C)(C)c1ccc(C2CCCCC2OC)c(OCc2ccccc2)c1. The summed E-state index contributed by atoms with van der Waals surface area (Å²) in [4.78, 5) is 0. The van der Waals surface area contributed by atoms with E-state index in [9.17, 15) is 0 Å². The van der Waals surface area contributed by atoms with Gasteiger partial charge in [0.15, 0.2) is 0 Å². The fraction of sp³-hybridized carbons (Fsp3) is 0.600. The van der Waals surface area contributed by atoms with Crippen LogP contribution in [0.15, 0.2) is 48.5 Å². The summed E-state index contributed by atoms with van der Waals surface area (Å²) in [6.45, 7) is 7.67. The highest BCUT2D eigenvalue weighted by molar-refractivity contribution is 5.43. The molecular formula is C30H44O2. The van der Waals surface area contributed by atoms with E-state index in [0.29, 0.717) is 18.6 Å². The third-order valence-corrected chi connectivity index (χ3v) is 7.34. The van der Waals surface area contributed by atoms with Gasteiger partial charge in [-0.1, -0.05) is 108 Å². The van der Waals surface area contributed by atoms with E-state index in [1.807, 2.05) is 7.11 Å². The molecule has 0 heterocycles. The van der Waals surface area contributed by atoms with E-state index in [4.69, 9.17) is 9.47 Å². The standard InChI is InChI=1S/C30H44O2/c1-5-6-7-8-14-21-30(2,3)25-19-20-27(26-17-12-13-18-28(26)31-4)29(22-25)32-23-24-15-10-9-11-16-24/h9-11,15-16,19-20,22,26,28H,5-8,12-14,17-18,21,23H2,1-4H3. The van der Waals surface area contributed by atoms with Gasteiger partial charge in [-0.15, -0.1) is 0 Å². The summed E-state index contributed by atoms with van der Waals surface area (Å²) < 4.78 is 12.4. The minimum Gasteiger partial charge on any atom is -0.489 e. The molecule has 1 aliphatic rings. The average molecular weight is 437 g/mol. The van der Waals surface area contributed by atoms with Crippen LogP contribution < -0.4 is 4.74 Å². The minimum atomic E-state index is 0.156. The summed E-state index contributed by atoms with van der Waals surface area (Å²) in [5, 5.41) is 0. The summed E-state index contributed by atoms with van der Waals surface area (Å²) in [5.74, 6) is 1.48. The van der Waals surface area contributed by atoms with Crippen LogP contribution in [0, 0.1) is 0 Å². The molecule has 2 nitrogen and oxygen atoms in total. The molecule has 0 bridgehead atoms. The fourth-order valence-corrected chi connectivity index (χ4v) is 5.17. The Morgan fingerprint density at radius 2 is 1.66 bits per heavy atom. The Hall–Kier alpha value is -1.80. The topological polar surface area (TPSA) is 18.5 Å². The molecule has 32 heavy (non-hydrogen) atoms. The van der Waals surface area contributed by atoms with Crippen molar-refractivity contribution in [1.82, 2.24) is 0 Å². The van der Waals surface area contributed by atoms with E-state index in [0.717, 1.165) is 12.2 Å². The maximum absolute atomic E-state index is 6.51. The molecule has 2 aromatic carbocycles. The predicted molar refractivity (Wildman–Crippen MR) is 136 cm³/mol. The lowest BCUT2D eigenvalue weighted by molar-refractivity contribution is 0.0513. The lowest BCUT2D eigenvalue weighted by Gasteiger charge is -2.33. The maximum Gasteiger partial charge on any atom is 0.123 e. The first-order chi connectivity index (χ1) is 15.5. The van der Waals surface area contributed by atoms with Crippen LogP contribution in [0.2, 0.25) is 0 Å². The van der Waals surface area contributed by atoms with E-state index in [1.54, 1.807) is 0 Å². The molecule has 0 radical (unpaired) electrons. The average Bonchev–Trinajstić information content (AvgIpc) is 2.83. The van der Waals surface area contributed by atoms with Gasteiger partial charge in [0.1, 0.15) is 12.4 Å². The Morgan fingerprint density at radius 3 is 2.41 bits per heavy atom. The molecule has 1 saturated carbocycles. The van der Waals surface area contributed by atoms with Gasteiger partial charge in [-0.25, -0.2) is 0 Å². The molecule has 2 unspecified atom stereocenters. The second kappa shape index (κ2) is 12.4. The zero-order valence-corrected chi connectivity index (χ0v) is 20.9. The van der Waals surface area contributed by atoms with Gasteiger partial charge in [-0.3, -0.25) is 0 Å². The predicted octanol–water partition coefficient (Wildman–Crippen LogP) is 8.58. The van der Waals surface area contributed by atoms with Gasteiger partial charge >= 0.3 is 0 Å². The molecule has 2 aromatic rings. The number of unbranched alkanes of at least 4 members (excludes halogenated alkanes) is 4. The lowest BCUT2D eigenvalue weighted by Crippen LogP contribution is -2.25. The van der Waals surface area contributed by atoms with Gasteiger partial charge in [0, 0.05) is 13.0 Å². The minimum absolute atomic E-state index is 0.156. The van der Waals surface area contributed by atoms with E-state index >= 15 is 0 Å². The molecule has 0 aromatic heterocycles. The highest BCUT2D eigenvalue weighted by Crippen LogP contribution is 2.41. The number of methoxy groups -OCH3 is 1. The van der Waals surface area contributed by atoms with Crippen molar-refractivity contribution in [3.8, 4) is 5.75 Å². The number of rotatable bonds is 12. The van der Waals surface area contributed by atoms with Crippen LogP contribution in [0.4, 0.5) is 0 Å². The van der Waals surface area contributed by atoms with Crippen molar-refractivity contribution in [2.75, 3.05) is 7.11 Å². The number of hydrogen-bond donors (Lipinski definition) is 0. The first-order valence-electron chi connectivity index (χ1n) is 12.9. The first kappa shape index (κ1) is 24.8. The van der Waals surface area contributed by atoms with Crippen LogP contribution in [0.1, 0.15) is 108 Å². The van der Waals surface area contributed by atoms with Crippen molar-refractivity contribution in [2.45, 2.75) is 109 Å². The molecule has 0 saturated heterocycles. The molecule has 2 heteroatoms.